The zero-order valence-corrected chi connectivity index (χ0v) is 12.2. The van der Waals surface area contributed by atoms with Crippen LogP contribution in [0, 0.1) is 39.2 Å². The lowest BCUT2D eigenvalue weighted by molar-refractivity contribution is -0.384. The second kappa shape index (κ2) is 6.71. The van der Waals surface area contributed by atoms with E-state index in [4.69, 9.17) is 0 Å². The van der Waals surface area contributed by atoms with Gasteiger partial charge in [0, 0.05) is 6.92 Å². The minimum Gasteiger partial charge on any atom is -0.451 e. The Morgan fingerprint density at radius 2 is 1.56 bits per heavy atom. The van der Waals surface area contributed by atoms with Crippen molar-refractivity contribution in [3.05, 3.63) is 57.4 Å². The SMILES string of the molecule is CC(=O)Nc1ccc(Oc2c(F)c(F)c(F)c(F)c2F)cc1[N+](=O)[O-]. The molecule has 0 aliphatic rings. The summed E-state index contributed by atoms with van der Waals surface area (Å²) >= 11 is 0. The molecule has 0 saturated heterocycles. The number of amides is 1. The molecule has 0 fully saturated rings. The summed E-state index contributed by atoms with van der Waals surface area (Å²) in [7, 11) is 0. The first-order valence-corrected chi connectivity index (χ1v) is 6.38. The Kier molecular flexibility index (Phi) is 4.86. The van der Waals surface area contributed by atoms with E-state index in [9.17, 15) is 36.9 Å². The van der Waals surface area contributed by atoms with Gasteiger partial charge in [0.2, 0.25) is 40.7 Å². The smallest absolute Gasteiger partial charge is 0.296 e. The summed E-state index contributed by atoms with van der Waals surface area (Å²) in [5, 5.41) is 13.1. The van der Waals surface area contributed by atoms with Gasteiger partial charge < -0.3 is 10.1 Å². The number of benzene rings is 2. The summed E-state index contributed by atoms with van der Waals surface area (Å²) in [6, 6.07) is 2.57. The number of nitrogens with zero attached hydrogens (tertiary/aromatic N) is 1. The van der Waals surface area contributed by atoms with Crippen LogP contribution in [-0.2, 0) is 4.79 Å². The molecule has 0 radical (unpaired) electrons. The van der Waals surface area contributed by atoms with Crippen molar-refractivity contribution in [3.8, 4) is 11.5 Å². The van der Waals surface area contributed by atoms with Crippen LogP contribution in [0.15, 0.2) is 18.2 Å². The minimum absolute atomic E-state index is 0.248. The molecule has 0 atom stereocenters. The highest BCUT2D eigenvalue weighted by Gasteiger charge is 2.28. The van der Waals surface area contributed by atoms with E-state index in [1.807, 2.05) is 0 Å². The molecule has 0 heterocycles. The third-order valence-electron chi connectivity index (χ3n) is 2.87. The van der Waals surface area contributed by atoms with Gasteiger partial charge in [0.25, 0.3) is 5.69 Å². The molecule has 1 N–H and O–H groups in total. The lowest BCUT2D eigenvalue weighted by atomic mass is 10.2. The first-order valence-electron chi connectivity index (χ1n) is 6.38. The summed E-state index contributed by atoms with van der Waals surface area (Å²) in [5.41, 5.74) is -0.959. The van der Waals surface area contributed by atoms with Crippen LogP contribution in [0.5, 0.6) is 11.5 Å². The number of nitro groups is 1. The predicted molar refractivity (Wildman–Crippen MR) is 73.7 cm³/mol. The zero-order chi connectivity index (χ0) is 18.9. The highest BCUT2D eigenvalue weighted by atomic mass is 19.2. The molecule has 0 saturated carbocycles. The molecular weight excluding hydrogens is 355 g/mol. The van der Waals surface area contributed by atoms with Crippen molar-refractivity contribution in [2.45, 2.75) is 6.92 Å². The number of rotatable bonds is 4. The van der Waals surface area contributed by atoms with Crippen molar-refractivity contribution in [2.24, 2.45) is 0 Å². The monoisotopic (exact) mass is 362 g/mol. The van der Waals surface area contributed by atoms with E-state index in [1.165, 1.54) is 0 Å². The van der Waals surface area contributed by atoms with Gasteiger partial charge in [-0.2, -0.15) is 8.78 Å². The predicted octanol–water partition coefficient (Wildman–Crippen LogP) is 4.04. The number of anilines is 1. The van der Waals surface area contributed by atoms with E-state index < -0.39 is 57.1 Å². The first kappa shape index (κ1) is 18.1. The fourth-order valence-electron chi connectivity index (χ4n) is 1.81. The summed E-state index contributed by atoms with van der Waals surface area (Å²) < 4.78 is 70.9. The number of nitrogens with one attached hydrogen (secondary N) is 1. The Morgan fingerprint density at radius 3 is 2.04 bits per heavy atom. The van der Waals surface area contributed by atoms with Gasteiger partial charge in [-0.1, -0.05) is 0 Å². The average Bonchev–Trinajstić information content (AvgIpc) is 2.55. The van der Waals surface area contributed by atoms with Gasteiger partial charge in [-0.25, -0.2) is 13.2 Å². The molecule has 2 aromatic rings. The normalized spacial score (nSPS) is 10.5. The van der Waals surface area contributed by atoms with Crippen molar-refractivity contribution < 1.29 is 36.4 Å². The minimum atomic E-state index is -2.37. The number of hydrogen-bond acceptors (Lipinski definition) is 4. The standard InChI is InChI=1S/C14H7F5N2O4/c1-5(22)20-7-3-2-6(4-8(7)21(23)24)25-14-12(18)10(16)9(15)11(17)13(14)19/h2-4H,1H3,(H,20,22). The molecule has 25 heavy (non-hydrogen) atoms. The molecular formula is C14H7F5N2O4. The Labute approximate surface area is 136 Å². The van der Waals surface area contributed by atoms with Crippen LogP contribution in [0.2, 0.25) is 0 Å². The molecule has 0 aliphatic carbocycles. The van der Waals surface area contributed by atoms with E-state index in [1.54, 1.807) is 0 Å². The molecule has 0 aromatic heterocycles. The molecule has 132 valence electrons. The van der Waals surface area contributed by atoms with E-state index >= 15 is 0 Å². The van der Waals surface area contributed by atoms with Gasteiger partial charge >= 0.3 is 0 Å². The van der Waals surface area contributed by atoms with Gasteiger partial charge in [-0.15, -0.1) is 0 Å². The van der Waals surface area contributed by atoms with Crippen LogP contribution in [-0.4, -0.2) is 10.8 Å². The number of hydrogen-bond donors (Lipinski definition) is 1. The molecule has 0 spiro atoms. The largest absolute Gasteiger partial charge is 0.451 e. The Balaban J connectivity index is 2.50. The fourth-order valence-corrected chi connectivity index (χ4v) is 1.81. The van der Waals surface area contributed by atoms with Gasteiger partial charge in [0.1, 0.15) is 11.4 Å². The molecule has 11 heteroatoms. The number of halogens is 5. The lowest BCUT2D eigenvalue weighted by Crippen LogP contribution is -2.08. The molecule has 2 rings (SSSR count). The van der Waals surface area contributed by atoms with E-state index in [0.717, 1.165) is 19.1 Å². The number of carbonyl (C=O) groups excluding carboxylic acids is 1. The Hall–Kier alpha value is -3.24. The van der Waals surface area contributed by atoms with E-state index in [2.05, 4.69) is 10.1 Å². The van der Waals surface area contributed by atoms with E-state index in [0.29, 0.717) is 6.07 Å². The third-order valence-corrected chi connectivity index (χ3v) is 2.87. The van der Waals surface area contributed by atoms with Gasteiger partial charge in [0.15, 0.2) is 0 Å². The summed E-state index contributed by atoms with van der Waals surface area (Å²) in [6.45, 7) is 1.09. The Morgan fingerprint density at radius 1 is 1.04 bits per heavy atom. The van der Waals surface area contributed by atoms with Crippen LogP contribution >= 0.6 is 0 Å². The maximum absolute atomic E-state index is 13.6. The summed E-state index contributed by atoms with van der Waals surface area (Å²) in [6.07, 6.45) is 0. The molecule has 0 bridgehead atoms. The second-order valence-electron chi connectivity index (χ2n) is 4.62. The highest BCUT2D eigenvalue weighted by molar-refractivity contribution is 5.91. The first-order chi connectivity index (χ1) is 11.6. The maximum Gasteiger partial charge on any atom is 0.296 e. The molecule has 2 aromatic carbocycles. The van der Waals surface area contributed by atoms with Gasteiger partial charge in [0.05, 0.1) is 11.0 Å². The van der Waals surface area contributed by atoms with Crippen LogP contribution in [0.3, 0.4) is 0 Å². The summed E-state index contributed by atoms with van der Waals surface area (Å²) in [5.74, 6) is -14.1. The van der Waals surface area contributed by atoms with E-state index in [-0.39, 0.29) is 5.69 Å². The van der Waals surface area contributed by atoms with Crippen molar-refractivity contribution in [3.63, 3.8) is 0 Å². The topological polar surface area (TPSA) is 81.5 Å². The average molecular weight is 362 g/mol. The summed E-state index contributed by atoms with van der Waals surface area (Å²) in [4.78, 5) is 21.0. The van der Waals surface area contributed by atoms with Crippen LogP contribution in [0.1, 0.15) is 6.92 Å². The highest BCUT2D eigenvalue weighted by Crippen LogP contribution is 2.35. The van der Waals surface area contributed by atoms with Crippen molar-refractivity contribution in [1.29, 1.82) is 0 Å². The van der Waals surface area contributed by atoms with Crippen molar-refractivity contribution >= 4 is 17.3 Å². The van der Waals surface area contributed by atoms with Gasteiger partial charge in [-0.3, -0.25) is 14.9 Å². The number of carbonyl (C=O) groups is 1. The number of ether oxygens (including phenoxy) is 1. The quantitative estimate of drug-likeness (QED) is 0.293. The van der Waals surface area contributed by atoms with Crippen molar-refractivity contribution in [2.75, 3.05) is 5.32 Å². The maximum atomic E-state index is 13.6. The molecule has 0 aliphatic heterocycles. The number of nitro benzene ring substituents is 1. The zero-order valence-electron chi connectivity index (χ0n) is 12.2. The Bertz CT molecular complexity index is 859. The molecule has 6 nitrogen and oxygen atoms in total. The van der Waals surface area contributed by atoms with Crippen molar-refractivity contribution in [1.82, 2.24) is 0 Å². The van der Waals surface area contributed by atoms with Crippen LogP contribution in [0.4, 0.5) is 33.3 Å². The fraction of sp³-hybridized carbons (Fsp3) is 0.0714. The molecule has 0 unspecified atom stereocenters. The van der Waals surface area contributed by atoms with Gasteiger partial charge in [-0.05, 0) is 12.1 Å². The third kappa shape index (κ3) is 3.49. The van der Waals surface area contributed by atoms with Crippen LogP contribution in [0.25, 0.3) is 0 Å². The van der Waals surface area contributed by atoms with Crippen LogP contribution < -0.4 is 10.1 Å². The molecule has 1 amide bonds. The lowest BCUT2D eigenvalue weighted by Gasteiger charge is -2.11. The second-order valence-corrected chi connectivity index (χ2v) is 4.62.